The molecule has 1 heterocycles. The molecule has 1 saturated carbocycles. The monoisotopic (exact) mass is 444 g/mol. The van der Waals surface area contributed by atoms with Crippen molar-refractivity contribution in [3.63, 3.8) is 0 Å². The molecule has 0 aromatic heterocycles. The molecule has 1 aliphatic carbocycles. The molecule has 0 spiro atoms. The average Bonchev–Trinajstić information content (AvgIpc) is 2.77. The van der Waals surface area contributed by atoms with E-state index in [2.05, 4.69) is 23.9 Å². The number of hydrogen-bond acceptors (Lipinski definition) is 4. The van der Waals surface area contributed by atoms with Gasteiger partial charge in [-0.3, -0.25) is 0 Å². The zero-order valence-corrected chi connectivity index (χ0v) is 19.8. The van der Waals surface area contributed by atoms with Crippen LogP contribution in [-0.2, 0) is 13.0 Å². The molecule has 0 atom stereocenters. The summed E-state index contributed by atoms with van der Waals surface area (Å²) < 4.78 is 5.80. The zero-order valence-electron chi connectivity index (χ0n) is 19.0. The molecule has 1 aliphatic heterocycles. The molecule has 0 amide bonds. The summed E-state index contributed by atoms with van der Waals surface area (Å²) in [6.45, 7) is 5.43. The Labute approximate surface area is 192 Å². The third-order valence-electron chi connectivity index (χ3n) is 6.28. The van der Waals surface area contributed by atoms with E-state index in [9.17, 15) is 5.11 Å². The van der Waals surface area contributed by atoms with Crippen LogP contribution in [0.15, 0.2) is 48.5 Å². The Hall–Kier alpha value is -1.59. The van der Waals surface area contributed by atoms with Crippen LogP contribution in [0.4, 0.5) is 0 Å². The van der Waals surface area contributed by atoms with E-state index in [0.717, 1.165) is 36.8 Å². The van der Waals surface area contributed by atoms with Gasteiger partial charge in [-0.2, -0.15) is 0 Å². The minimum atomic E-state index is -0.562. The van der Waals surface area contributed by atoms with Crippen molar-refractivity contribution in [3.05, 3.63) is 64.7 Å². The van der Waals surface area contributed by atoms with Gasteiger partial charge in [0.05, 0.1) is 10.6 Å². The lowest BCUT2D eigenvalue weighted by Gasteiger charge is -2.32. The van der Waals surface area contributed by atoms with Crippen molar-refractivity contribution in [1.29, 1.82) is 0 Å². The molecule has 2 fully saturated rings. The Balaban J connectivity index is 0.000000287. The summed E-state index contributed by atoms with van der Waals surface area (Å²) in [6.07, 6.45) is 5.90. The van der Waals surface area contributed by atoms with E-state index < -0.39 is 5.60 Å². The number of hydrogen-bond donors (Lipinski definition) is 1. The molecule has 1 saturated heterocycles. The van der Waals surface area contributed by atoms with Gasteiger partial charge in [0.15, 0.2) is 0 Å². The quantitative estimate of drug-likeness (QED) is 0.702. The highest BCUT2D eigenvalue weighted by Gasteiger charge is 2.29. The number of ether oxygens (including phenoxy) is 1. The van der Waals surface area contributed by atoms with E-state index in [0.29, 0.717) is 23.8 Å². The molecule has 2 aliphatic rings. The SMILES string of the molecule is CN1CCN(C)CC1.OC1(Cc2ccc(OCc3ccccc3)c(Cl)c2)CCCCC1. The van der Waals surface area contributed by atoms with Crippen LogP contribution in [0, 0.1) is 0 Å². The predicted octanol–water partition coefficient (Wildman–Crippen LogP) is 5.02. The van der Waals surface area contributed by atoms with E-state index in [1.54, 1.807) is 0 Å². The molecule has 2 aromatic rings. The minimum absolute atomic E-state index is 0.504. The van der Waals surface area contributed by atoms with Crippen LogP contribution in [0.3, 0.4) is 0 Å². The molecule has 1 N–H and O–H groups in total. The lowest BCUT2D eigenvalue weighted by Crippen LogP contribution is -2.42. The first-order chi connectivity index (χ1) is 14.9. The van der Waals surface area contributed by atoms with Gasteiger partial charge in [-0.25, -0.2) is 0 Å². The van der Waals surface area contributed by atoms with Gasteiger partial charge in [-0.05, 0) is 50.2 Å². The third kappa shape index (κ3) is 8.12. The number of nitrogens with zero attached hydrogens (tertiary/aromatic N) is 2. The normalized spacial score (nSPS) is 19.4. The average molecular weight is 445 g/mol. The number of halogens is 1. The fourth-order valence-electron chi connectivity index (χ4n) is 4.18. The van der Waals surface area contributed by atoms with E-state index in [-0.39, 0.29) is 0 Å². The Morgan fingerprint density at radius 1 is 0.871 bits per heavy atom. The van der Waals surface area contributed by atoms with Gasteiger partial charge in [-0.1, -0.05) is 67.3 Å². The van der Waals surface area contributed by atoms with Crippen LogP contribution >= 0.6 is 11.6 Å². The summed E-state index contributed by atoms with van der Waals surface area (Å²) in [5, 5.41) is 11.3. The Morgan fingerprint density at radius 3 is 2.06 bits per heavy atom. The summed E-state index contributed by atoms with van der Waals surface area (Å²) in [5.41, 5.74) is 1.63. The molecule has 31 heavy (non-hydrogen) atoms. The van der Waals surface area contributed by atoms with E-state index in [1.807, 2.05) is 48.5 Å². The van der Waals surface area contributed by atoms with Gasteiger partial charge in [0.25, 0.3) is 0 Å². The second-order valence-corrected chi connectivity index (χ2v) is 9.51. The van der Waals surface area contributed by atoms with Crippen LogP contribution in [0.1, 0.15) is 43.2 Å². The summed E-state index contributed by atoms with van der Waals surface area (Å²) >= 11 is 6.35. The number of likely N-dealkylation sites (N-methyl/N-ethyl adjacent to an activating group) is 2. The fourth-order valence-corrected chi connectivity index (χ4v) is 4.44. The van der Waals surface area contributed by atoms with Crippen molar-refractivity contribution in [2.75, 3.05) is 40.3 Å². The van der Waals surface area contributed by atoms with Gasteiger partial charge >= 0.3 is 0 Å². The van der Waals surface area contributed by atoms with Gasteiger partial charge in [0, 0.05) is 32.6 Å². The molecule has 0 radical (unpaired) electrons. The summed E-state index contributed by atoms with van der Waals surface area (Å²) in [5.74, 6) is 0.690. The van der Waals surface area contributed by atoms with Crippen molar-refractivity contribution in [2.24, 2.45) is 0 Å². The second kappa shape index (κ2) is 11.9. The lowest BCUT2D eigenvalue weighted by atomic mass is 9.80. The molecule has 2 aromatic carbocycles. The minimum Gasteiger partial charge on any atom is -0.487 e. The van der Waals surface area contributed by atoms with Gasteiger partial charge < -0.3 is 19.6 Å². The molecule has 170 valence electrons. The zero-order chi connectivity index (χ0) is 22.1. The smallest absolute Gasteiger partial charge is 0.138 e. The summed E-state index contributed by atoms with van der Waals surface area (Å²) in [4.78, 5) is 4.72. The van der Waals surface area contributed by atoms with E-state index in [1.165, 1.54) is 32.6 Å². The second-order valence-electron chi connectivity index (χ2n) is 9.11. The Kier molecular flexibility index (Phi) is 9.21. The van der Waals surface area contributed by atoms with Crippen LogP contribution in [0.5, 0.6) is 5.75 Å². The van der Waals surface area contributed by atoms with Crippen LogP contribution in [0.2, 0.25) is 5.02 Å². The van der Waals surface area contributed by atoms with Crippen LogP contribution < -0.4 is 4.74 Å². The molecule has 5 heteroatoms. The number of rotatable bonds is 5. The Morgan fingerprint density at radius 2 is 1.48 bits per heavy atom. The molecule has 4 rings (SSSR count). The summed E-state index contributed by atoms with van der Waals surface area (Å²) in [7, 11) is 4.35. The van der Waals surface area contributed by atoms with Crippen LogP contribution in [-0.4, -0.2) is 60.8 Å². The maximum absolute atomic E-state index is 10.7. The van der Waals surface area contributed by atoms with Crippen molar-refractivity contribution in [3.8, 4) is 5.75 Å². The molecule has 4 nitrogen and oxygen atoms in total. The standard InChI is InChI=1S/C20H23ClO2.C6H14N2/c21-18-13-17(14-20(22)11-5-2-6-12-20)9-10-19(18)23-15-16-7-3-1-4-8-16;1-7-3-5-8(2)6-4-7/h1,3-4,7-10,13,22H,2,5-6,11-12,14-15H2;3-6H2,1-2H3. The van der Waals surface area contributed by atoms with Gasteiger partial charge in [0.1, 0.15) is 12.4 Å². The highest BCUT2D eigenvalue weighted by atomic mass is 35.5. The number of benzene rings is 2. The number of piperazine rings is 1. The van der Waals surface area contributed by atoms with E-state index >= 15 is 0 Å². The third-order valence-corrected chi connectivity index (χ3v) is 6.57. The van der Waals surface area contributed by atoms with Crippen molar-refractivity contribution in [1.82, 2.24) is 9.80 Å². The summed E-state index contributed by atoms with van der Waals surface area (Å²) in [6, 6.07) is 15.9. The Bertz CT molecular complexity index is 775. The van der Waals surface area contributed by atoms with Crippen molar-refractivity contribution < 1.29 is 9.84 Å². The fraction of sp³-hybridized carbons (Fsp3) is 0.538. The first-order valence-corrected chi connectivity index (χ1v) is 11.9. The van der Waals surface area contributed by atoms with Crippen LogP contribution in [0.25, 0.3) is 0 Å². The maximum Gasteiger partial charge on any atom is 0.138 e. The molecular weight excluding hydrogens is 408 g/mol. The number of aliphatic hydroxyl groups is 1. The molecular formula is C26H37ClN2O2. The van der Waals surface area contributed by atoms with Gasteiger partial charge in [-0.15, -0.1) is 0 Å². The highest BCUT2D eigenvalue weighted by Crippen LogP contribution is 2.33. The first-order valence-electron chi connectivity index (χ1n) is 11.5. The predicted molar refractivity (Wildman–Crippen MR) is 129 cm³/mol. The first kappa shape index (κ1) is 24.1. The topological polar surface area (TPSA) is 35.9 Å². The highest BCUT2D eigenvalue weighted by molar-refractivity contribution is 6.32. The van der Waals surface area contributed by atoms with Gasteiger partial charge in [0.2, 0.25) is 0 Å². The molecule has 0 bridgehead atoms. The largest absolute Gasteiger partial charge is 0.487 e. The lowest BCUT2D eigenvalue weighted by molar-refractivity contribution is 0.00448. The van der Waals surface area contributed by atoms with E-state index in [4.69, 9.17) is 16.3 Å². The van der Waals surface area contributed by atoms with Crippen molar-refractivity contribution in [2.45, 2.75) is 50.7 Å². The van der Waals surface area contributed by atoms with Crippen molar-refractivity contribution >= 4 is 11.6 Å². The maximum atomic E-state index is 10.7. The molecule has 0 unspecified atom stereocenters.